The van der Waals surface area contributed by atoms with Crippen molar-refractivity contribution in [1.82, 2.24) is 15.5 Å². The lowest BCUT2D eigenvalue weighted by molar-refractivity contribution is -0.182. The van der Waals surface area contributed by atoms with Crippen LogP contribution in [0.25, 0.3) is 0 Å². The van der Waals surface area contributed by atoms with Crippen LogP contribution in [0, 0.1) is 5.82 Å². The first kappa shape index (κ1) is 27.9. The van der Waals surface area contributed by atoms with Crippen molar-refractivity contribution in [3.8, 4) is 5.75 Å². The topological polar surface area (TPSA) is 97.0 Å². The molecule has 0 radical (unpaired) electrons. The van der Waals surface area contributed by atoms with Gasteiger partial charge in [0.1, 0.15) is 18.2 Å². The van der Waals surface area contributed by atoms with Gasteiger partial charge in [-0.25, -0.2) is 4.39 Å². The molecule has 2 aliphatic heterocycles. The van der Waals surface area contributed by atoms with E-state index in [2.05, 4.69) is 43.2 Å². The molecule has 0 saturated carbocycles. The molecule has 9 heteroatoms. The van der Waals surface area contributed by atoms with Crippen LogP contribution >= 0.6 is 0 Å². The molecule has 4 rings (SSSR count). The number of hydrogen-bond acceptors (Lipinski definition) is 7. The first-order valence-corrected chi connectivity index (χ1v) is 12.9. The maximum Gasteiger partial charge on any atom is 0.243 e. The fourth-order valence-electron chi connectivity index (χ4n) is 5.41. The minimum absolute atomic E-state index is 0.0164. The summed E-state index contributed by atoms with van der Waals surface area (Å²) in [6, 6.07) is 9.69. The van der Waals surface area contributed by atoms with Gasteiger partial charge >= 0.3 is 0 Å². The lowest BCUT2D eigenvalue weighted by Gasteiger charge is -2.47. The monoisotopic (exact) mass is 525 g/mol. The zero-order valence-corrected chi connectivity index (χ0v) is 22.4. The molecule has 0 aliphatic carbocycles. The molecule has 0 aromatic heterocycles. The summed E-state index contributed by atoms with van der Waals surface area (Å²) in [4.78, 5) is 37.4. The van der Waals surface area contributed by atoms with Crippen LogP contribution in [0.4, 0.5) is 4.39 Å². The fourth-order valence-corrected chi connectivity index (χ4v) is 5.41. The van der Waals surface area contributed by atoms with Crippen LogP contribution in [0.5, 0.6) is 5.75 Å². The van der Waals surface area contributed by atoms with E-state index in [1.165, 1.54) is 0 Å². The van der Waals surface area contributed by atoms with E-state index in [1.807, 2.05) is 6.07 Å². The molecule has 2 amide bonds. The second-order valence-corrected chi connectivity index (χ2v) is 11.3. The molecule has 2 heterocycles. The Labute approximate surface area is 222 Å². The number of carbonyl (C=O) groups is 3. The van der Waals surface area contributed by atoms with Crippen LogP contribution in [0.15, 0.2) is 36.4 Å². The molecule has 2 N–H and O–H groups in total. The molecular formula is C29H36FN3O5. The number of carbonyl (C=O) groups excluding carboxylic acids is 3. The van der Waals surface area contributed by atoms with Crippen molar-refractivity contribution < 1.29 is 28.2 Å². The van der Waals surface area contributed by atoms with E-state index in [9.17, 15) is 14.4 Å². The molecule has 204 valence electrons. The van der Waals surface area contributed by atoms with Crippen molar-refractivity contribution in [3.63, 3.8) is 0 Å². The minimum Gasteiger partial charge on any atom is -0.488 e. The van der Waals surface area contributed by atoms with Gasteiger partial charge in [0.05, 0.1) is 17.2 Å². The van der Waals surface area contributed by atoms with Gasteiger partial charge in [0.25, 0.3) is 0 Å². The maximum absolute atomic E-state index is 15.1. The molecule has 2 fully saturated rings. The highest BCUT2D eigenvalue weighted by Gasteiger charge is 2.38. The summed E-state index contributed by atoms with van der Waals surface area (Å²) in [5, 5.41) is 5.41. The molecule has 0 spiro atoms. The van der Waals surface area contributed by atoms with Crippen molar-refractivity contribution in [2.45, 2.75) is 77.5 Å². The van der Waals surface area contributed by atoms with Crippen LogP contribution in [0.1, 0.15) is 67.6 Å². The Balaban J connectivity index is 1.41. The molecule has 2 saturated heterocycles. The molecule has 38 heavy (non-hydrogen) atoms. The molecule has 0 unspecified atom stereocenters. The van der Waals surface area contributed by atoms with E-state index >= 15 is 4.39 Å². The Morgan fingerprint density at radius 2 is 1.89 bits per heavy atom. The first-order valence-electron chi connectivity index (χ1n) is 12.9. The number of halogens is 1. The normalized spacial score (nSPS) is 21.1. The first-order chi connectivity index (χ1) is 17.9. The number of morpholine rings is 1. The third-order valence-corrected chi connectivity index (χ3v) is 6.73. The second-order valence-electron chi connectivity index (χ2n) is 11.3. The van der Waals surface area contributed by atoms with E-state index in [0.717, 1.165) is 24.9 Å². The zero-order valence-electron chi connectivity index (χ0n) is 22.4. The highest BCUT2D eigenvalue weighted by atomic mass is 19.1. The molecular weight excluding hydrogens is 489 g/mol. The Kier molecular flexibility index (Phi) is 8.30. The van der Waals surface area contributed by atoms with E-state index in [4.69, 9.17) is 9.47 Å². The van der Waals surface area contributed by atoms with E-state index in [1.54, 1.807) is 30.3 Å². The number of nitrogens with zero attached hydrogens (tertiary/aromatic N) is 1. The number of piperidine rings is 1. The molecule has 2 aromatic carbocycles. The Morgan fingerprint density at radius 3 is 2.55 bits per heavy atom. The van der Waals surface area contributed by atoms with Gasteiger partial charge in [-0.1, -0.05) is 24.3 Å². The molecule has 1 atom stereocenters. The van der Waals surface area contributed by atoms with Gasteiger partial charge in [-0.05, 0) is 51.8 Å². The van der Waals surface area contributed by atoms with Crippen molar-refractivity contribution in [1.29, 1.82) is 0 Å². The second kappa shape index (κ2) is 11.3. The van der Waals surface area contributed by atoms with Crippen molar-refractivity contribution in [2.75, 3.05) is 13.1 Å². The third-order valence-electron chi connectivity index (χ3n) is 6.73. The number of aldehydes is 1. The van der Waals surface area contributed by atoms with Crippen LogP contribution in [0.3, 0.4) is 0 Å². The highest BCUT2D eigenvalue weighted by Crippen LogP contribution is 2.29. The lowest BCUT2D eigenvalue weighted by atomic mass is 9.98. The van der Waals surface area contributed by atoms with Gasteiger partial charge in [-0.3, -0.25) is 24.6 Å². The van der Waals surface area contributed by atoms with Crippen LogP contribution in [-0.2, 0) is 34.0 Å². The number of imide groups is 1. The Hall–Kier alpha value is -3.14. The number of rotatable bonds is 9. The largest absolute Gasteiger partial charge is 0.488 e. The summed E-state index contributed by atoms with van der Waals surface area (Å²) >= 11 is 0. The summed E-state index contributed by atoms with van der Waals surface area (Å²) < 4.78 is 27.2. The lowest BCUT2D eigenvalue weighted by Crippen LogP contribution is -2.56. The number of benzene rings is 2. The number of hydrogen-bond donors (Lipinski definition) is 2. The molecule has 8 nitrogen and oxygen atoms in total. The zero-order chi connectivity index (χ0) is 27.5. The van der Waals surface area contributed by atoms with Gasteiger partial charge in [0, 0.05) is 49.3 Å². The fraction of sp³-hybridized carbons (Fsp3) is 0.483. The van der Waals surface area contributed by atoms with Crippen LogP contribution in [0.2, 0.25) is 0 Å². The van der Waals surface area contributed by atoms with Gasteiger partial charge in [-0.15, -0.1) is 0 Å². The Morgan fingerprint density at radius 1 is 1.16 bits per heavy atom. The average molecular weight is 526 g/mol. The summed E-state index contributed by atoms with van der Waals surface area (Å²) in [7, 11) is 0. The quantitative estimate of drug-likeness (QED) is 0.382. The Bertz CT molecular complexity index is 1200. The van der Waals surface area contributed by atoms with Crippen molar-refractivity contribution >= 4 is 18.1 Å². The maximum atomic E-state index is 15.1. The summed E-state index contributed by atoms with van der Waals surface area (Å²) in [5.41, 5.74) is 1.69. The molecule has 2 aliphatic rings. The van der Waals surface area contributed by atoms with E-state index in [-0.39, 0.29) is 42.5 Å². The highest BCUT2D eigenvalue weighted by molar-refractivity contribution is 6.00. The number of amides is 2. The van der Waals surface area contributed by atoms with Gasteiger partial charge in [0.15, 0.2) is 6.29 Å². The van der Waals surface area contributed by atoms with Gasteiger partial charge < -0.3 is 14.8 Å². The van der Waals surface area contributed by atoms with Crippen molar-refractivity contribution in [2.24, 2.45) is 0 Å². The summed E-state index contributed by atoms with van der Waals surface area (Å²) in [6.45, 7) is 10.6. The number of ether oxygens (including phenoxy) is 2. The third kappa shape index (κ3) is 7.03. The van der Waals surface area contributed by atoms with E-state index < -0.39 is 11.9 Å². The molecule has 2 aromatic rings. The number of nitrogens with one attached hydrogen (secondary N) is 2. The summed E-state index contributed by atoms with van der Waals surface area (Å²) in [6.07, 6.45) is 1.34. The van der Waals surface area contributed by atoms with Gasteiger partial charge in [-0.2, -0.15) is 0 Å². The van der Waals surface area contributed by atoms with Crippen molar-refractivity contribution in [3.05, 3.63) is 64.5 Å². The van der Waals surface area contributed by atoms with Crippen LogP contribution < -0.4 is 15.4 Å². The predicted octanol–water partition coefficient (Wildman–Crippen LogP) is 3.50. The minimum atomic E-state index is -0.548. The van der Waals surface area contributed by atoms with E-state index in [0.29, 0.717) is 35.4 Å². The average Bonchev–Trinajstić information content (AvgIpc) is 2.81. The van der Waals surface area contributed by atoms with Gasteiger partial charge in [0.2, 0.25) is 11.8 Å². The van der Waals surface area contributed by atoms with Crippen LogP contribution in [-0.4, -0.2) is 53.3 Å². The SMILES string of the molecule is CC1(C)CN(Cc2ccc(COc3cccc(C=O)c3CN[C@@H]3CCC(=O)NC3=O)c(F)c2)CC(C)(C)O1. The standard InChI is InChI=1S/C29H36FN3O5/c1-28(2)17-33(18-29(3,4)38-28)14-19-8-9-21(23(30)12-19)16-37-25-7-5-6-20(15-34)22(25)13-31-24-10-11-26(35)32-27(24)36/h5-9,12,15,24,31H,10-11,13-14,16-18H2,1-4H3,(H,32,35,36)/t24-/m1/s1. The summed E-state index contributed by atoms with van der Waals surface area (Å²) in [5.74, 6) is -0.616. The molecule has 0 bridgehead atoms. The smallest absolute Gasteiger partial charge is 0.243 e. The predicted molar refractivity (Wildman–Crippen MR) is 140 cm³/mol.